The highest BCUT2D eigenvalue weighted by Gasteiger charge is 2.15. The largest absolute Gasteiger partial charge is 0.496 e. The van der Waals surface area contributed by atoms with E-state index in [1.54, 1.807) is 7.11 Å². The molecule has 2 rings (SSSR count). The number of hydrogen-bond acceptors (Lipinski definition) is 2. The number of benzene rings is 2. The van der Waals surface area contributed by atoms with Crippen LogP contribution in [0, 0.1) is 6.92 Å². The summed E-state index contributed by atoms with van der Waals surface area (Å²) in [5.41, 5.74) is 9.25. The topological polar surface area (TPSA) is 35.2 Å². The smallest absolute Gasteiger partial charge is 0.125 e. The molecular weight excluding hydrogens is 326 g/mol. The normalized spacial score (nSPS) is 12.3. The maximum Gasteiger partial charge on any atom is 0.125 e. The SMILES string of the molecule is COc1cc(Br)ccc1C(N)c1ccc(C)c(Cl)c1. The lowest BCUT2D eigenvalue weighted by atomic mass is 9.98. The molecule has 0 heterocycles. The molecule has 0 saturated heterocycles. The maximum absolute atomic E-state index is 6.31. The molecule has 2 N–H and O–H groups in total. The monoisotopic (exact) mass is 339 g/mol. The van der Waals surface area contributed by atoms with Crippen LogP contribution in [0.1, 0.15) is 22.7 Å². The molecule has 2 aromatic rings. The summed E-state index contributed by atoms with van der Waals surface area (Å²) in [6, 6.07) is 11.4. The number of halogens is 2. The summed E-state index contributed by atoms with van der Waals surface area (Å²) in [6.07, 6.45) is 0. The molecule has 0 fully saturated rings. The van der Waals surface area contributed by atoms with E-state index in [-0.39, 0.29) is 6.04 Å². The molecule has 1 atom stereocenters. The van der Waals surface area contributed by atoms with Crippen molar-refractivity contribution in [3.63, 3.8) is 0 Å². The molecule has 0 saturated carbocycles. The lowest BCUT2D eigenvalue weighted by Crippen LogP contribution is -2.13. The second-order valence-electron chi connectivity index (χ2n) is 4.37. The van der Waals surface area contributed by atoms with E-state index < -0.39 is 0 Å². The Kier molecular flexibility index (Phi) is 4.50. The van der Waals surface area contributed by atoms with Gasteiger partial charge in [0.15, 0.2) is 0 Å². The van der Waals surface area contributed by atoms with Crippen molar-refractivity contribution in [1.29, 1.82) is 0 Å². The van der Waals surface area contributed by atoms with Crippen molar-refractivity contribution in [3.05, 3.63) is 62.6 Å². The Morgan fingerprint density at radius 1 is 1.21 bits per heavy atom. The molecule has 0 radical (unpaired) electrons. The highest BCUT2D eigenvalue weighted by atomic mass is 79.9. The van der Waals surface area contributed by atoms with Crippen molar-refractivity contribution in [2.45, 2.75) is 13.0 Å². The van der Waals surface area contributed by atoms with Crippen molar-refractivity contribution < 1.29 is 4.74 Å². The van der Waals surface area contributed by atoms with Crippen LogP contribution < -0.4 is 10.5 Å². The number of ether oxygens (including phenoxy) is 1. The van der Waals surface area contributed by atoms with Crippen LogP contribution in [0.5, 0.6) is 5.75 Å². The molecule has 0 aliphatic rings. The Balaban J connectivity index is 2.43. The van der Waals surface area contributed by atoms with Gasteiger partial charge in [-0.2, -0.15) is 0 Å². The van der Waals surface area contributed by atoms with Crippen LogP contribution in [0.25, 0.3) is 0 Å². The lowest BCUT2D eigenvalue weighted by Gasteiger charge is -2.17. The summed E-state index contributed by atoms with van der Waals surface area (Å²) in [4.78, 5) is 0. The van der Waals surface area contributed by atoms with Gasteiger partial charge < -0.3 is 10.5 Å². The summed E-state index contributed by atoms with van der Waals surface area (Å²) in [5, 5.41) is 0.726. The van der Waals surface area contributed by atoms with E-state index in [0.29, 0.717) is 0 Å². The van der Waals surface area contributed by atoms with E-state index >= 15 is 0 Å². The van der Waals surface area contributed by atoms with Crippen molar-refractivity contribution in [1.82, 2.24) is 0 Å². The zero-order valence-electron chi connectivity index (χ0n) is 10.8. The van der Waals surface area contributed by atoms with Gasteiger partial charge in [-0.1, -0.05) is 45.7 Å². The third-order valence-corrected chi connectivity index (χ3v) is 3.99. The van der Waals surface area contributed by atoms with Gasteiger partial charge >= 0.3 is 0 Å². The highest BCUT2D eigenvalue weighted by molar-refractivity contribution is 9.10. The lowest BCUT2D eigenvalue weighted by molar-refractivity contribution is 0.407. The minimum Gasteiger partial charge on any atom is -0.496 e. The number of hydrogen-bond donors (Lipinski definition) is 1. The van der Waals surface area contributed by atoms with Crippen molar-refractivity contribution in [3.8, 4) is 5.75 Å². The first-order chi connectivity index (χ1) is 9.02. The molecule has 0 aromatic heterocycles. The molecule has 0 aliphatic carbocycles. The Hall–Kier alpha value is -1.03. The molecule has 0 aliphatic heterocycles. The Labute approximate surface area is 126 Å². The van der Waals surface area contributed by atoms with Crippen LogP contribution in [0.15, 0.2) is 40.9 Å². The number of aryl methyl sites for hydroxylation is 1. The Morgan fingerprint density at radius 2 is 1.95 bits per heavy atom. The van der Waals surface area contributed by atoms with E-state index in [1.807, 2.05) is 43.3 Å². The van der Waals surface area contributed by atoms with Crippen LogP contribution in [0.2, 0.25) is 5.02 Å². The van der Waals surface area contributed by atoms with Crippen LogP contribution in [0.4, 0.5) is 0 Å². The van der Waals surface area contributed by atoms with Gasteiger partial charge in [-0.05, 0) is 36.2 Å². The van der Waals surface area contributed by atoms with Gasteiger partial charge in [0.25, 0.3) is 0 Å². The van der Waals surface area contributed by atoms with Crippen molar-refractivity contribution >= 4 is 27.5 Å². The zero-order chi connectivity index (χ0) is 14.0. The first-order valence-electron chi connectivity index (χ1n) is 5.88. The molecule has 2 aromatic carbocycles. The van der Waals surface area contributed by atoms with Gasteiger partial charge in [-0.15, -0.1) is 0 Å². The van der Waals surface area contributed by atoms with E-state index in [0.717, 1.165) is 31.9 Å². The van der Waals surface area contributed by atoms with E-state index in [9.17, 15) is 0 Å². The average Bonchev–Trinajstić information content (AvgIpc) is 2.41. The second-order valence-corrected chi connectivity index (χ2v) is 5.70. The maximum atomic E-state index is 6.31. The summed E-state index contributed by atoms with van der Waals surface area (Å²) in [5.74, 6) is 0.763. The fraction of sp³-hybridized carbons (Fsp3) is 0.200. The number of methoxy groups -OCH3 is 1. The molecule has 1 unspecified atom stereocenters. The molecule has 2 nitrogen and oxygen atoms in total. The predicted octanol–water partition coefficient (Wildman–Crippen LogP) is 4.47. The highest BCUT2D eigenvalue weighted by Crippen LogP contribution is 2.32. The Morgan fingerprint density at radius 3 is 2.58 bits per heavy atom. The van der Waals surface area contributed by atoms with E-state index in [4.69, 9.17) is 22.1 Å². The summed E-state index contributed by atoms with van der Waals surface area (Å²) in [6.45, 7) is 1.97. The van der Waals surface area contributed by atoms with Gasteiger partial charge in [0.05, 0.1) is 13.2 Å². The molecule has 100 valence electrons. The predicted molar refractivity (Wildman–Crippen MR) is 82.9 cm³/mol. The van der Waals surface area contributed by atoms with E-state index in [2.05, 4.69) is 15.9 Å². The molecular formula is C15H15BrClNO. The average molecular weight is 341 g/mol. The zero-order valence-corrected chi connectivity index (χ0v) is 13.1. The van der Waals surface area contributed by atoms with Crippen molar-refractivity contribution in [2.75, 3.05) is 7.11 Å². The second kappa shape index (κ2) is 5.95. The van der Waals surface area contributed by atoms with Crippen molar-refractivity contribution in [2.24, 2.45) is 5.73 Å². The quantitative estimate of drug-likeness (QED) is 0.895. The fourth-order valence-corrected chi connectivity index (χ4v) is 2.45. The summed E-state index contributed by atoms with van der Waals surface area (Å²) < 4.78 is 6.34. The minimum absolute atomic E-state index is 0.263. The fourth-order valence-electron chi connectivity index (χ4n) is 1.92. The molecule has 0 spiro atoms. The van der Waals surface area contributed by atoms with Gasteiger partial charge in [-0.3, -0.25) is 0 Å². The van der Waals surface area contributed by atoms with Gasteiger partial charge in [0.2, 0.25) is 0 Å². The minimum atomic E-state index is -0.263. The third-order valence-electron chi connectivity index (χ3n) is 3.09. The van der Waals surface area contributed by atoms with Crippen LogP contribution in [-0.4, -0.2) is 7.11 Å². The van der Waals surface area contributed by atoms with Crippen LogP contribution >= 0.6 is 27.5 Å². The number of nitrogens with two attached hydrogens (primary N) is 1. The third kappa shape index (κ3) is 3.11. The van der Waals surface area contributed by atoms with Crippen LogP contribution in [-0.2, 0) is 0 Å². The first kappa shape index (κ1) is 14.4. The summed E-state index contributed by atoms with van der Waals surface area (Å²) in [7, 11) is 1.64. The first-order valence-corrected chi connectivity index (χ1v) is 7.05. The molecule has 0 bridgehead atoms. The van der Waals surface area contributed by atoms with Crippen LogP contribution in [0.3, 0.4) is 0 Å². The van der Waals surface area contributed by atoms with E-state index in [1.165, 1.54) is 0 Å². The molecule has 19 heavy (non-hydrogen) atoms. The van der Waals surface area contributed by atoms with Gasteiger partial charge in [0, 0.05) is 15.1 Å². The number of rotatable bonds is 3. The summed E-state index contributed by atoms with van der Waals surface area (Å²) >= 11 is 9.57. The molecule has 0 amide bonds. The Bertz CT molecular complexity index is 601. The standard InChI is InChI=1S/C15H15BrClNO/c1-9-3-4-10(7-13(9)17)15(18)12-6-5-11(16)8-14(12)19-2/h3-8,15H,18H2,1-2H3. The molecule has 4 heteroatoms. The van der Waals surface area contributed by atoms with Gasteiger partial charge in [-0.25, -0.2) is 0 Å². The van der Waals surface area contributed by atoms with Gasteiger partial charge in [0.1, 0.15) is 5.75 Å².